The fourth-order valence-electron chi connectivity index (χ4n) is 2.16. The van der Waals surface area contributed by atoms with Gasteiger partial charge in [-0.2, -0.15) is 0 Å². The van der Waals surface area contributed by atoms with Gasteiger partial charge < -0.3 is 5.32 Å². The predicted octanol–water partition coefficient (Wildman–Crippen LogP) is 2.29. The lowest BCUT2D eigenvalue weighted by Gasteiger charge is -2.02. The number of nitrogens with zero attached hydrogens (tertiary/aromatic N) is 4. The number of aromatic nitrogens is 3. The molecule has 1 N–H and O–H groups in total. The molecule has 0 radical (unpaired) electrons. The normalized spacial score (nSPS) is 10.7. The molecular formula is C14H13N5O2. The molecule has 0 amide bonds. The van der Waals surface area contributed by atoms with Crippen molar-refractivity contribution in [2.45, 2.75) is 6.42 Å². The minimum atomic E-state index is -0.408. The average Bonchev–Trinajstić information content (AvgIpc) is 2.86. The fourth-order valence-corrected chi connectivity index (χ4v) is 2.16. The molecular weight excluding hydrogens is 270 g/mol. The van der Waals surface area contributed by atoms with E-state index in [1.807, 2.05) is 12.1 Å². The van der Waals surface area contributed by atoms with E-state index in [0.29, 0.717) is 12.1 Å². The van der Waals surface area contributed by atoms with E-state index < -0.39 is 4.92 Å². The number of pyridine rings is 2. The van der Waals surface area contributed by atoms with Crippen molar-refractivity contribution in [2.75, 3.05) is 11.9 Å². The zero-order valence-corrected chi connectivity index (χ0v) is 11.1. The summed E-state index contributed by atoms with van der Waals surface area (Å²) in [5.74, 6) is 0.287. The monoisotopic (exact) mass is 283 g/mol. The van der Waals surface area contributed by atoms with Gasteiger partial charge in [0.2, 0.25) is 5.82 Å². The average molecular weight is 283 g/mol. The first kappa shape index (κ1) is 13.0. The summed E-state index contributed by atoms with van der Waals surface area (Å²) in [6, 6.07) is 9.04. The van der Waals surface area contributed by atoms with Gasteiger partial charge in [-0.25, -0.2) is 4.52 Å². The summed E-state index contributed by atoms with van der Waals surface area (Å²) in [5.41, 5.74) is 1.55. The van der Waals surface area contributed by atoms with Crippen molar-refractivity contribution in [1.82, 2.24) is 14.6 Å². The lowest BCUT2D eigenvalue weighted by atomic mass is 10.2. The number of rotatable bonds is 5. The van der Waals surface area contributed by atoms with Gasteiger partial charge in [-0.05, 0) is 30.2 Å². The fraction of sp³-hybridized carbons (Fsp3) is 0.143. The summed E-state index contributed by atoms with van der Waals surface area (Å²) in [7, 11) is 0. The van der Waals surface area contributed by atoms with Crippen molar-refractivity contribution < 1.29 is 4.92 Å². The number of nitrogens with one attached hydrogen (secondary N) is 1. The second-order valence-electron chi connectivity index (χ2n) is 4.52. The van der Waals surface area contributed by atoms with Gasteiger partial charge in [-0.1, -0.05) is 12.1 Å². The molecule has 0 aliphatic rings. The van der Waals surface area contributed by atoms with E-state index >= 15 is 0 Å². The van der Waals surface area contributed by atoms with Gasteiger partial charge in [0.05, 0.1) is 4.92 Å². The minimum Gasteiger partial charge on any atom is -0.362 e. The highest BCUT2D eigenvalue weighted by molar-refractivity contribution is 5.76. The molecule has 21 heavy (non-hydrogen) atoms. The van der Waals surface area contributed by atoms with Crippen LogP contribution in [-0.4, -0.2) is 26.1 Å². The molecule has 0 unspecified atom stereocenters. The van der Waals surface area contributed by atoms with Gasteiger partial charge >= 0.3 is 5.69 Å². The van der Waals surface area contributed by atoms with Crippen molar-refractivity contribution in [1.29, 1.82) is 0 Å². The number of hydrogen-bond donors (Lipinski definition) is 1. The van der Waals surface area contributed by atoms with Crippen LogP contribution in [0.5, 0.6) is 0 Å². The summed E-state index contributed by atoms with van der Waals surface area (Å²) in [4.78, 5) is 14.9. The van der Waals surface area contributed by atoms with Crippen LogP contribution in [-0.2, 0) is 6.42 Å². The third-order valence-corrected chi connectivity index (χ3v) is 3.13. The van der Waals surface area contributed by atoms with Crippen molar-refractivity contribution >= 4 is 17.0 Å². The number of hydrogen-bond acceptors (Lipinski definition) is 5. The summed E-state index contributed by atoms with van der Waals surface area (Å²) < 4.78 is 1.50. The zero-order valence-electron chi connectivity index (χ0n) is 11.1. The first-order valence-electron chi connectivity index (χ1n) is 6.50. The van der Waals surface area contributed by atoms with Gasteiger partial charge in [-0.15, -0.1) is 5.10 Å². The van der Waals surface area contributed by atoms with Gasteiger partial charge in [0.15, 0.2) is 0 Å². The molecule has 0 aromatic carbocycles. The molecule has 0 atom stereocenters. The highest BCUT2D eigenvalue weighted by Crippen LogP contribution is 2.28. The molecule has 0 saturated heterocycles. The Kier molecular flexibility index (Phi) is 3.46. The second-order valence-corrected chi connectivity index (χ2v) is 4.52. The van der Waals surface area contributed by atoms with E-state index in [1.165, 1.54) is 4.52 Å². The summed E-state index contributed by atoms with van der Waals surface area (Å²) in [6.45, 7) is 0.552. The standard InChI is InChI=1S/C14H13N5O2/c20-19(21)13-12-5-1-2-9-18(12)17-14(13)16-8-6-11-4-3-7-15-10-11/h1-5,7,9-10H,6,8H2,(H,16,17). The summed E-state index contributed by atoms with van der Waals surface area (Å²) in [6.07, 6.45) is 5.90. The van der Waals surface area contributed by atoms with Gasteiger partial charge in [0.25, 0.3) is 0 Å². The van der Waals surface area contributed by atoms with E-state index in [2.05, 4.69) is 15.4 Å². The van der Waals surface area contributed by atoms with Gasteiger partial charge in [0.1, 0.15) is 5.52 Å². The second kappa shape index (κ2) is 5.58. The Bertz CT molecular complexity index is 769. The molecule has 0 bridgehead atoms. The smallest absolute Gasteiger partial charge is 0.338 e. The van der Waals surface area contributed by atoms with Crippen LogP contribution in [0.15, 0.2) is 48.9 Å². The van der Waals surface area contributed by atoms with E-state index in [0.717, 1.165) is 12.0 Å². The van der Waals surface area contributed by atoms with Crippen molar-refractivity contribution in [3.63, 3.8) is 0 Å². The Labute approximate surface area is 120 Å². The highest BCUT2D eigenvalue weighted by atomic mass is 16.6. The Morgan fingerprint density at radius 1 is 1.29 bits per heavy atom. The first-order chi connectivity index (χ1) is 10.3. The summed E-state index contributed by atoms with van der Waals surface area (Å²) in [5, 5.41) is 18.5. The van der Waals surface area contributed by atoms with Gasteiger partial charge in [0, 0.05) is 25.1 Å². The number of anilines is 1. The Morgan fingerprint density at radius 2 is 2.19 bits per heavy atom. The highest BCUT2D eigenvalue weighted by Gasteiger charge is 2.22. The van der Waals surface area contributed by atoms with Crippen LogP contribution in [0, 0.1) is 10.1 Å². The largest absolute Gasteiger partial charge is 0.362 e. The third kappa shape index (κ3) is 2.66. The molecule has 0 spiro atoms. The molecule has 3 aromatic rings. The maximum absolute atomic E-state index is 11.2. The molecule has 106 valence electrons. The molecule has 0 fully saturated rings. The predicted molar refractivity (Wildman–Crippen MR) is 78.3 cm³/mol. The van der Waals surface area contributed by atoms with Crippen LogP contribution >= 0.6 is 0 Å². The lowest BCUT2D eigenvalue weighted by molar-refractivity contribution is -0.382. The lowest BCUT2D eigenvalue weighted by Crippen LogP contribution is -2.07. The van der Waals surface area contributed by atoms with Crippen LogP contribution < -0.4 is 5.32 Å². The summed E-state index contributed by atoms with van der Waals surface area (Å²) >= 11 is 0. The molecule has 7 nitrogen and oxygen atoms in total. The van der Waals surface area contributed by atoms with Gasteiger partial charge in [-0.3, -0.25) is 15.1 Å². The van der Waals surface area contributed by atoms with E-state index in [4.69, 9.17) is 0 Å². The maximum Gasteiger partial charge on any atom is 0.338 e. The topological polar surface area (TPSA) is 85.4 Å². The molecule has 7 heteroatoms. The van der Waals surface area contributed by atoms with E-state index in [-0.39, 0.29) is 11.5 Å². The molecule has 3 heterocycles. The number of fused-ring (bicyclic) bond motifs is 1. The molecule has 0 aliphatic heterocycles. The van der Waals surface area contributed by atoms with Crippen LogP contribution in [0.1, 0.15) is 5.56 Å². The number of nitro groups is 1. The van der Waals surface area contributed by atoms with Crippen molar-refractivity contribution in [3.05, 3.63) is 64.6 Å². The SMILES string of the molecule is O=[N+]([O-])c1c(NCCc2cccnc2)nn2ccccc12. The Balaban J connectivity index is 1.80. The first-order valence-corrected chi connectivity index (χ1v) is 6.50. The Morgan fingerprint density at radius 3 is 2.95 bits per heavy atom. The van der Waals surface area contributed by atoms with E-state index in [1.54, 1.807) is 36.8 Å². The van der Waals surface area contributed by atoms with Crippen molar-refractivity contribution in [3.8, 4) is 0 Å². The third-order valence-electron chi connectivity index (χ3n) is 3.13. The quantitative estimate of drug-likeness (QED) is 0.573. The van der Waals surface area contributed by atoms with Crippen LogP contribution in [0.4, 0.5) is 11.5 Å². The van der Waals surface area contributed by atoms with Crippen LogP contribution in [0.25, 0.3) is 5.52 Å². The molecule has 3 rings (SSSR count). The molecule has 0 aliphatic carbocycles. The Hall–Kier alpha value is -2.96. The van der Waals surface area contributed by atoms with Crippen LogP contribution in [0.2, 0.25) is 0 Å². The molecule has 0 saturated carbocycles. The van der Waals surface area contributed by atoms with Crippen LogP contribution in [0.3, 0.4) is 0 Å². The zero-order chi connectivity index (χ0) is 14.7. The minimum absolute atomic E-state index is 0.00165. The maximum atomic E-state index is 11.2. The molecule has 3 aromatic heterocycles. The van der Waals surface area contributed by atoms with Crippen molar-refractivity contribution in [2.24, 2.45) is 0 Å². The van der Waals surface area contributed by atoms with E-state index in [9.17, 15) is 10.1 Å².